The highest BCUT2D eigenvalue weighted by atomic mass is 16.2. The smallest absolute Gasteiger partial charge is 0.319 e. The van der Waals surface area contributed by atoms with E-state index in [-0.39, 0.29) is 23.8 Å². The summed E-state index contributed by atoms with van der Waals surface area (Å²) in [5.74, 6) is 0.423. The minimum Gasteiger partial charge on any atom is -0.325 e. The van der Waals surface area contributed by atoms with Crippen LogP contribution >= 0.6 is 0 Å². The number of piperidine rings is 1. The van der Waals surface area contributed by atoms with Crippen molar-refractivity contribution in [1.82, 2.24) is 20.0 Å². The van der Waals surface area contributed by atoms with Crippen LogP contribution in [0, 0.1) is 5.92 Å². The van der Waals surface area contributed by atoms with Crippen LogP contribution in [0.5, 0.6) is 0 Å². The van der Waals surface area contributed by atoms with Crippen molar-refractivity contribution in [3.63, 3.8) is 0 Å². The third-order valence-corrected chi connectivity index (χ3v) is 5.79. The SMILES string of the molecule is CCN(CC)C(=O)N1CCC[C@@H](c2[nH]ncc2NC(=O)C2CCCC2)C1. The Labute approximate surface area is 155 Å². The first-order valence-corrected chi connectivity index (χ1v) is 10.0. The fourth-order valence-electron chi connectivity index (χ4n) is 4.21. The largest absolute Gasteiger partial charge is 0.325 e. The lowest BCUT2D eigenvalue weighted by molar-refractivity contribution is -0.119. The summed E-state index contributed by atoms with van der Waals surface area (Å²) in [6.07, 6.45) is 7.91. The number of hydrogen-bond acceptors (Lipinski definition) is 3. The zero-order valence-electron chi connectivity index (χ0n) is 16.0. The van der Waals surface area contributed by atoms with E-state index < -0.39 is 0 Å². The predicted octanol–water partition coefficient (Wildman–Crippen LogP) is 3.18. The lowest BCUT2D eigenvalue weighted by atomic mass is 9.94. The number of aromatic nitrogens is 2. The van der Waals surface area contributed by atoms with Crippen molar-refractivity contribution in [2.24, 2.45) is 5.92 Å². The average Bonchev–Trinajstić information content (AvgIpc) is 3.34. The first kappa shape index (κ1) is 18.7. The number of nitrogens with zero attached hydrogens (tertiary/aromatic N) is 3. The number of nitrogens with one attached hydrogen (secondary N) is 2. The average molecular weight is 361 g/mol. The summed E-state index contributed by atoms with van der Waals surface area (Å²) in [4.78, 5) is 28.9. The second-order valence-electron chi connectivity index (χ2n) is 7.41. The number of hydrogen-bond donors (Lipinski definition) is 2. The summed E-state index contributed by atoms with van der Waals surface area (Å²) in [6, 6.07) is 0.107. The lowest BCUT2D eigenvalue weighted by Gasteiger charge is -2.35. The van der Waals surface area contributed by atoms with Crippen LogP contribution in [-0.2, 0) is 4.79 Å². The van der Waals surface area contributed by atoms with Gasteiger partial charge in [-0.2, -0.15) is 5.10 Å². The normalized spacial score (nSPS) is 21.0. The highest BCUT2D eigenvalue weighted by molar-refractivity contribution is 5.93. The number of likely N-dealkylation sites (tertiary alicyclic amines) is 1. The Bertz CT molecular complexity index is 619. The summed E-state index contributed by atoms with van der Waals surface area (Å²) in [5, 5.41) is 10.3. The van der Waals surface area contributed by atoms with E-state index in [1.54, 1.807) is 6.20 Å². The summed E-state index contributed by atoms with van der Waals surface area (Å²) < 4.78 is 0. The van der Waals surface area contributed by atoms with Crippen molar-refractivity contribution < 1.29 is 9.59 Å². The Kier molecular flexibility index (Phi) is 6.16. The standard InChI is InChI=1S/C19H31N5O2/c1-3-23(4-2)19(26)24-11-7-10-15(13-24)17-16(12-20-22-17)21-18(25)14-8-5-6-9-14/h12,14-15H,3-11,13H2,1-2H3,(H,20,22)(H,21,25)/t15-/m1/s1. The van der Waals surface area contributed by atoms with E-state index in [9.17, 15) is 9.59 Å². The summed E-state index contributed by atoms with van der Waals surface area (Å²) in [7, 11) is 0. The number of carbonyl (C=O) groups is 2. The lowest BCUT2D eigenvalue weighted by Crippen LogP contribution is -2.47. The molecule has 0 bridgehead atoms. The molecule has 2 heterocycles. The number of urea groups is 1. The van der Waals surface area contributed by atoms with Gasteiger partial charge in [0.25, 0.3) is 0 Å². The first-order chi connectivity index (χ1) is 12.6. The molecule has 1 saturated carbocycles. The molecule has 1 aromatic heterocycles. The quantitative estimate of drug-likeness (QED) is 0.845. The second kappa shape index (κ2) is 8.56. The zero-order valence-corrected chi connectivity index (χ0v) is 16.0. The van der Waals surface area contributed by atoms with Crippen molar-refractivity contribution in [2.45, 2.75) is 58.3 Å². The van der Waals surface area contributed by atoms with Gasteiger partial charge in [-0.25, -0.2) is 4.79 Å². The topological polar surface area (TPSA) is 81.3 Å². The predicted molar refractivity (Wildman–Crippen MR) is 101 cm³/mol. The molecule has 7 heteroatoms. The molecule has 2 fully saturated rings. The second-order valence-corrected chi connectivity index (χ2v) is 7.41. The van der Waals surface area contributed by atoms with E-state index in [1.165, 1.54) is 0 Å². The monoisotopic (exact) mass is 361 g/mol. The van der Waals surface area contributed by atoms with Gasteiger partial charge in [-0.3, -0.25) is 9.89 Å². The number of H-pyrrole nitrogens is 1. The molecule has 1 saturated heterocycles. The van der Waals surface area contributed by atoms with Crippen LogP contribution in [0.2, 0.25) is 0 Å². The molecule has 2 aliphatic rings. The highest BCUT2D eigenvalue weighted by Gasteiger charge is 2.30. The van der Waals surface area contributed by atoms with Gasteiger partial charge in [-0.15, -0.1) is 0 Å². The van der Waals surface area contributed by atoms with Crippen molar-refractivity contribution >= 4 is 17.6 Å². The molecule has 0 aromatic carbocycles. The summed E-state index contributed by atoms with van der Waals surface area (Å²) in [5.41, 5.74) is 1.73. The number of anilines is 1. The summed E-state index contributed by atoms with van der Waals surface area (Å²) in [6.45, 7) is 6.93. The fraction of sp³-hybridized carbons (Fsp3) is 0.737. The van der Waals surface area contributed by atoms with E-state index in [4.69, 9.17) is 0 Å². The van der Waals surface area contributed by atoms with Crippen LogP contribution in [0.25, 0.3) is 0 Å². The van der Waals surface area contributed by atoms with E-state index in [1.807, 2.05) is 23.6 Å². The van der Waals surface area contributed by atoms with Crippen LogP contribution in [0.15, 0.2) is 6.20 Å². The van der Waals surface area contributed by atoms with Gasteiger partial charge in [-0.05, 0) is 39.5 Å². The Morgan fingerprint density at radius 3 is 2.65 bits per heavy atom. The molecule has 2 N–H and O–H groups in total. The van der Waals surface area contributed by atoms with Crippen LogP contribution in [0.3, 0.4) is 0 Å². The van der Waals surface area contributed by atoms with Gasteiger partial charge >= 0.3 is 6.03 Å². The molecular weight excluding hydrogens is 330 g/mol. The van der Waals surface area contributed by atoms with Crippen LogP contribution in [0.4, 0.5) is 10.5 Å². The minimum absolute atomic E-state index is 0.107. The van der Waals surface area contributed by atoms with Gasteiger partial charge in [0.1, 0.15) is 0 Å². The Morgan fingerprint density at radius 2 is 1.96 bits per heavy atom. The molecule has 1 atom stereocenters. The zero-order chi connectivity index (χ0) is 18.5. The van der Waals surface area contributed by atoms with E-state index in [2.05, 4.69) is 15.5 Å². The van der Waals surface area contributed by atoms with E-state index in [0.29, 0.717) is 6.54 Å². The van der Waals surface area contributed by atoms with E-state index in [0.717, 1.165) is 69.5 Å². The molecule has 3 amide bonds. The first-order valence-electron chi connectivity index (χ1n) is 10.0. The van der Waals surface area contributed by atoms with Crippen molar-refractivity contribution in [1.29, 1.82) is 0 Å². The molecule has 0 spiro atoms. The molecule has 0 radical (unpaired) electrons. The number of amides is 3. The third-order valence-electron chi connectivity index (χ3n) is 5.79. The maximum Gasteiger partial charge on any atom is 0.319 e. The van der Waals surface area contributed by atoms with Crippen LogP contribution in [0.1, 0.15) is 64.0 Å². The van der Waals surface area contributed by atoms with Gasteiger partial charge in [0.05, 0.1) is 17.6 Å². The van der Waals surface area contributed by atoms with Crippen LogP contribution < -0.4 is 5.32 Å². The Morgan fingerprint density at radius 1 is 1.23 bits per heavy atom. The van der Waals surface area contributed by atoms with E-state index >= 15 is 0 Å². The molecule has 0 unspecified atom stereocenters. The minimum atomic E-state index is 0.107. The van der Waals surface area contributed by atoms with Crippen molar-refractivity contribution in [3.8, 4) is 0 Å². The molecule has 144 valence electrons. The maximum absolute atomic E-state index is 12.7. The van der Waals surface area contributed by atoms with Gasteiger partial charge in [0, 0.05) is 38.0 Å². The molecule has 1 aliphatic carbocycles. The molecule has 26 heavy (non-hydrogen) atoms. The Balaban J connectivity index is 1.66. The molecular formula is C19H31N5O2. The number of aromatic amines is 1. The molecule has 7 nitrogen and oxygen atoms in total. The van der Waals surface area contributed by atoms with Gasteiger partial charge in [0.2, 0.25) is 5.91 Å². The molecule has 1 aliphatic heterocycles. The van der Waals surface area contributed by atoms with Gasteiger partial charge < -0.3 is 15.1 Å². The van der Waals surface area contributed by atoms with Gasteiger partial charge in [0.15, 0.2) is 0 Å². The van der Waals surface area contributed by atoms with Crippen molar-refractivity contribution in [2.75, 3.05) is 31.5 Å². The van der Waals surface area contributed by atoms with Crippen LogP contribution in [-0.4, -0.2) is 58.1 Å². The molecule has 3 rings (SSSR count). The fourth-order valence-corrected chi connectivity index (χ4v) is 4.21. The van der Waals surface area contributed by atoms with Gasteiger partial charge in [-0.1, -0.05) is 12.8 Å². The highest BCUT2D eigenvalue weighted by Crippen LogP contribution is 2.32. The number of carbonyl (C=O) groups excluding carboxylic acids is 2. The maximum atomic E-state index is 12.7. The molecule has 1 aromatic rings. The Hall–Kier alpha value is -2.05. The number of rotatable bonds is 5. The summed E-state index contributed by atoms with van der Waals surface area (Å²) >= 11 is 0. The third kappa shape index (κ3) is 4.02. The van der Waals surface area contributed by atoms with Crippen molar-refractivity contribution in [3.05, 3.63) is 11.9 Å².